The van der Waals surface area contributed by atoms with Crippen molar-refractivity contribution in [1.29, 1.82) is 10.5 Å². The van der Waals surface area contributed by atoms with Gasteiger partial charge in [0.25, 0.3) is 0 Å². The average molecular weight is 401 g/mol. The Balaban J connectivity index is 1.80. The summed E-state index contributed by atoms with van der Waals surface area (Å²) in [6.45, 7) is 0. The molecule has 0 N–H and O–H groups in total. The van der Waals surface area contributed by atoms with Crippen LogP contribution in [0.4, 0.5) is 5.69 Å². The van der Waals surface area contributed by atoms with E-state index in [-0.39, 0.29) is 5.78 Å². The molecule has 0 aliphatic carbocycles. The number of benzene rings is 3. The van der Waals surface area contributed by atoms with E-state index in [2.05, 4.69) is 12.1 Å². The number of hydrogen-bond acceptors (Lipinski definition) is 4. The molecule has 2 heterocycles. The second-order valence-corrected chi connectivity index (χ2v) is 7.91. The number of nitriles is 2. The van der Waals surface area contributed by atoms with Crippen LogP contribution in [0.25, 0.3) is 6.08 Å². The van der Waals surface area contributed by atoms with Gasteiger partial charge in [0.2, 0.25) is 0 Å². The van der Waals surface area contributed by atoms with Gasteiger partial charge in [0.1, 0.15) is 6.04 Å². The van der Waals surface area contributed by atoms with Crippen LogP contribution in [0, 0.1) is 28.1 Å². The van der Waals surface area contributed by atoms with Gasteiger partial charge in [-0.15, -0.1) is 0 Å². The van der Waals surface area contributed by atoms with Crippen LogP contribution in [0.15, 0.2) is 91.0 Å². The molecular weight excluding hydrogens is 382 g/mol. The Morgan fingerprint density at radius 3 is 2.19 bits per heavy atom. The average Bonchev–Trinajstić information content (AvgIpc) is 3.15. The van der Waals surface area contributed by atoms with Gasteiger partial charge < -0.3 is 4.90 Å². The first-order chi connectivity index (χ1) is 15.2. The Hall–Kier alpha value is -4.15. The number of carbonyl (C=O) groups is 1. The molecular formula is C27H19N3O. The first-order valence-corrected chi connectivity index (χ1v) is 10.2. The molecule has 4 nitrogen and oxygen atoms in total. The zero-order valence-electron chi connectivity index (χ0n) is 16.7. The Morgan fingerprint density at radius 1 is 0.871 bits per heavy atom. The van der Waals surface area contributed by atoms with Crippen molar-refractivity contribution in [3.8, 4) is 12.1 Å². The Kier molecular flexibility index (Phi) is 4.42. The normalized spacial score (nSPS) is 25.7. The number of ketones is 1. The SMILES string of the molecule is N#C[C@@H]1[C@@H](c2ccccc2)[C@@](C#N)(C(=O)c2ccccc2)C2C=Cc3ccccc3N21. The molecule has 3 aromatic carbocycles. The van der Waals surface area contributed by atoms with Crippen LogP contribution in [0.1, 0.15) is 27.4 Å². The van der Waals surface area contributed by atoms with Gasteiger partial charge in [0, 0.05) is 17.2 Å². The Labute approximate surface area is 181 Å². The van der Waals surface area contributed by atoms with Gasteiger partial charge in [-0.25, -0.2) is 0 Å². The molecule has 4 atom stereocenters. The van der Waals surface area contributed by atoms with Crippen LogP contribution < -0.4 is 4.90 Å². The van der Waals surface area contributed by atoms with E-state index in [1.165, 1.54) is 0 Å². The smallest absolute Gasteiger partial charge is 0.186 e. The van der Waals surface area contributed by atoms with Crippen LogP contribution in [-0.2, 0) is 0 Å². The zero-order chi connectivity index (χ0) is 21.4. The number of rotatable bonds is 3. The molecule has 0 saturated carbocycles. The fraction of sp³-hybridized carbons (Fsp3) is 0.148. The minimum Gasteiger partial charge on any atom is -0.346 e. The second kappa shape index (κ2) is 7.27. The largest absolute Gasteiger partial charge is 0.346 e. The minimum absolute atomic E-state index is 0.249. The maximum atomic E-state index is 14.0. The molecule has 2 aliphatic heterocycles. The Morgan fingerprint density at radius 2 is 1.52 bits per heavy atom. The molecule has 0 aromatic heterocycles. The third kappa shape index (κ3) is 2.62. The van der Waals surface area contributed by atoms with Crippen molar-refractivity contribution < 1.29 is 4.79 Å². The fourth-order valence-electron chi connectivity index (χ4n) is 5.12. The van der Waals surface area contributed by atoms with Gasteiger partial charge in [-0.3, -0.25) is 4.79 Å². The number of carbonyl (C=O) groups excluding carboxylic acids is 1. The van der Waals surface area contributed by atoms with Crippen molar-refractivity contribution in [2.24, 2.45) is 5.41 Å². The summed E-state index contributed by atoms with van der Waals surface area (Å²) >= 11 is 0. The van der Waals surface area contributed by atoms with Gasteiger partial charge in [0.15, 0.2) is 11.2 Å². The van der Waals surface area contributed by atoms with Crippen LogP contribution in [0.2, 0.25) is 0 Å². The molecule has 1 fully saturated rings. The van der Waals surface area contributed by atoms with E-state index >= 15 is 0 Å². The lowest BCUT2D eigenvalue weighted by molar-refractivity contribution is 0.0842. The molecule has 2 aliphatic rings. The molecule has 0 bridgehead atoms. The first-order valence-electron chi connectivity index (χ1n) is 10.2. The molecule has 31 heavy (non-hydrogen) atoms. The third-order valence-corrected chi connectivity index (χ3v) is 6.43. The van der Waals surface area contributed by atoms with E-state index in [0.29, 0.717) is 5.56 Å². The monoisotopic (exact) mass is 401 g/mol. The molecule has 148 valence electrons. The zero-order valence-corrected chi connectivity index (χ0v) is 16.7. The van der Waals surface area contributed by atoms with Crippen LogP contribution >= 0.6 is 0 Å². The molecule has 0 radical (unpaired) electrons. The summed E-state index contributed by atoms with van der Waals surface area (Å²) in [6.07, 6.45) is 3.88. The summed E-state index contributed by atoms with van der Waals surface area (Å²) in [5.41, 5.74) is 1.72. The van der Waals surface area contributed by atoms with E-state index in [4.69, 9.17) is 0 Å². The minimum atomic E-state index is -1.44. The molecule has 1 unspecified atom stereocenters. The van der Waals surface area contributed by atoms with Crippen LogP contribution in [-0.4, -0.2) is 17.9 Å². The quantitative estimate of drug-likeness (QED) is 0.581. The summed E-state index contributed by atoms with van der Waals surface area (Å²) in [5.74, 6) is -0.849. The van der Waals surface area contributed by atoms with E-state index < -0.39 is 23.4 Å². The number of nitrogens with zero attached hydrogens (tertiary/aromatic N) is 3. The fourth-order valence-corrected chi connectivity index (χ4v) is 5.12. The molecule has 4 heteroatoms. The highest BCUT2D eigenvalue weighted by Crippen LogP contribution is 2.56. The maximum Gasteiger partial charge on any atom is 0.186 e. The Bertz CT molecular complexity index is 1250. The van der Waals surface area contributed by atoms with Gasteiger partial charge in [-0.1, -0.05) is 91.0 Å². The summed E-state index contributed by atoms with van der Waals surface area (Å²) in [4.78, 5) is 16.0. The highest BCUT2D eigenvalue weighted by molar-refractivity contribution is 6.05. The maximum absolute atomic E-state index is 14.0. The van der Waals surface area contributed by atoms with E-state index in [1.54, 1.807) is 24.3 Å². The molecule has 0 spiro atoms. The van der Waals surface area contributed by atoms with Crippen molar-refractivity contribution in [2.75, 3.05) is 4.90 Å². The number of anilines is 1. The lowest BCUT2D eigenvalue weighted by Gasteiger charge is -2.35. The second-order valence-electron chi connectivity index (χ2n) is 7.91. The first kappa shape index (κ1) is 18.9. The highest BCUT2D eigenvalue weighted by Gasteiger charge is 2.64. The van der Waals surface area contributed by atoms with Gasteiger partial charge in [-0.2, -0.15) is 10.5 Å². The van der Waals surface area contributed by atoms with Gasteiger partial charge in [0.05, 0.1) is 18.2 Å². The van der Waals surface area contributed by atoms with Gasteiger partial charge >= 0.3 is 0 Å². The number of Topliss-reactive ketones (excluding diaryl/α,β-unsaturated/α-hetero) is 1. The third-order valence-electron chi connectivity index (χ3n) is 6.43. The number of hydrogen-bond donors (Lipinski definition) is 0. The van der Waals surface area contributed by atoms with E-state index in [9.17, 15) is 15.3 Å². The van der Waals surface area contributed by atoms with Crippen LogP contribution in [0.3, 0.4) is 0 Å². The number of fused-ring (bicyclic) bond motifs is 3. The van der Waals surface area contributed by atoms with E-state index in [0.717, 1.165) is 16.8 Å². The summed E-state index contributed by atoms with van der Waals surface area (Å²) < 4.78 is 0. The molecule has 1 saturated heterocycles. The standard InChI is InChI=1S/C27H19N3O/c28-17-23-25(20-10-3-1-4-11-20)27(18-29,26(31)21-12-5-2-6-13-21)24-16-15-19-9-7-8-14-22(19)30(23)24/h1-16,23-25H/t23-,24?,25-,27+/m1/s1. The lowest BCUT2D eigenvalue weighted by Crippen LogP contribution is -2.45. The van der Waals surface area contributed by atoms with Gasteiger partial charge in [-0.05, 0) is 17.2 Å². The topological polar surface area (TPSA) is 67.9 Å². The van der Waals surface area contributed by atoms with Crippen LogP contribution in [0.5, 0.6) is 0 Å². The number of para-hydroxylation sites is 1. The molecule has 3 aromatic rings. The predicted molar refractivity (Wildman–Crippen MR) is 119 cm³/mol. The predicted octanol–water partition coefficient (Wildman–Crippen LogP) is 4.97. The molecule has 0 amide bonds. The van der Waals surface area contributed by atoms with Crippen molar-refractivity contribution in [3.63, 3.8) is 0 Å². The summed E-state index contributed by atoms with van der Waals surface area (Å²) in [6, 6.07) is 29.9. The molecule has 5 rings (SSSR count). The summed E-state index contributed by atoms with van der Waals surface area (Å²) in [7, 11) is 0. The van der Waals surface area contributed by atoms with Crippen molar-refractivity contribution in [2.45, 2.75) is 18.0 Å². The van der Waals surface area contributed by atoms with E-state index in [1.807, 2.05) is 77.7 Å². The highest BCUT2D eigenvalue weighted by atomic mass is 16.1. The van der Waals surface area contributed by atoms with Crippen molar-refractivity contribution in [1.82, 2.24) is 0 Å². The van der Waals surface area contributed by atoms with Crippen molar-refractivity contribution >= 4 is 17.5 Å². The van der Waals surface area contributed by atoms with Crippen molar-refractivity contribution in [3.05, 3.63) is 108 Å². The lowest BCUT2D eigenvalue weighted by atomic mass is 9.65. The summed E-state index contributed by atoms with van der Waals surface area (Å²) in [5, 5.41) is 20.9.